The molecule has 3 heterocycles. The van der Waals surface area contributed by atoms with Gasteiger partial charge in [0.05, 0.1) is 24.2 Å². The molecule has 2 aromatic rings. The molecule has 0 bridgehead atoms. The van der Waals surface area contributed by atoms with Gasteiger partial charge in [0.15, 0.2) is 0 Å². The molecular weight excluding hydrogens is 354 g/mol. The normalized spacial score (nSPS) is 16.3. The van der Waals surface area contributed by atoms with E-state index in [9.17, 15) is 13.2 Å². The van der Waals surface area contributed by atoms with Gasteiger partial charge in [-0.2, -0.15) is 0 Å². The van der Waals surface area contributed by atoms with Crippen LogP contribution in [-0.2, 0) is 21.4 Å². The molecule has 26 heavy (non-hydrogen) atoms. The third-order valence-electron chi connectivity index (χ3n) is 4.45. The summed E-state index contributed by atoms with van der Waals surface area (Å²) in [5.74, 6) is -0.265. The number of carbonyl (C=O) groups is 1. The molecular formula is C17H21N5O3S. The van der Waals surface area contributed by atoms with Crippen LogP contribution in [-0.4, -0.2) is 52.9 Å². The van der Waals surface area contributed by atoms with Crippen LogP contribution in [0.3, 0.4) is 0 Å². The Bertz CT molecular complexity index is 865. The second-order valence-electron chi connectivity index (χ2n) is 6.24. The molecule has 9 heteroatoms. The highest BCUT2D eigenvalue weighted by Crippen LogP contribution is 2.21. The van der Waals surface area contributed by atoms with Crippen LogP contribution >= 0.6 is 0 Å². The van der Waals surface area contributed by atoms with Gasteiger partial charge in [-0.25, -0.2) is 12.7 Å². The number of sulfonamides is 1. The van der Waals surface area contributed by atoms with E-state index in [0.29, 0.717) is 37.3 Å². The summed E-state index contributed by atoms with van der Waals surface area (Å²) in [4.78, 5) is 25.1. The number of piperidine rings is 1. The lowest BCUT2D eigenvalue weighted by molar-refractivity contribution is -0.126. The number of nitrogens with zero attached hydrogens (tertiary/aromatic N) is 4. The molecule has 0 aromatic carbocycles. The molecule has 1 amide bonds. The highest BCUT2D eigenvalue weighted by molar-refractivity contribution is 7.88. The first-order valence-corrected chi connectivity index (χ1v) is 10.2. The Kier molecular flexibility index (Phi) is 5.58. The fraction of sp³-hybridized carbons (Fsp3) is 0.412. The zero-order valence-electron chi connectivity index (χ0n) is 14.5. The predicted molar refractivity (Wildman–Crippen MR) is 96.3 cm³/mol. The van der Waals surface area contributed by atoms with Crippen LogP contribution in [0.1, 0.15) is 18.5 Å². The van der Waals surface area contributed by atoms with Crippen LogP contribution in [0.2, 0.25) is 0 Å². The van der Waals surface area contributed by atoms with Crippen molar-refractivity contribution in [2.45, 2.75) is 19.4 Å². The number of rotatable bonds is 5. The molecule has 8 nitrogen and oxygen atoms in total. The van der Waals surface area contributed by atoms with Gasteiger partial charge < -0.3 is 5.32 Å². The standard InChI is InChI=1S/C17H21N5O3S/c1-26(24,25)22-10-4-14(5-11-22)17(23)21-12-15-16(20-9-8-19-15)13-2-6-18-7-3-13/h2-3,6-9,14H,4-5,10-12H2,1H3,(H,21,23). The smallest absolute Gasteiger partial charge is 0.223 e. The first-order chi connectivity index (χ1) is 12.4. The van der Waals surface area contributed by atoms with Crippen molar-refractivity contribution in [1.29, 1.82) is 0 Å². The van der Waals surface area contributed by atoms with Gasteiger partial charge in [-0.3, -0.25) is 19.7 Å². The Labute approximate surface area is 152 Å². The minimum atomic E-state index is -3.19. The second kappa shape index (κ2) is 7.88. The molecule has 1 N–H and O–H groups in total. The number of carbonyl (C=O) groups excluding carboxylic acids is 1. The predicted octanol–water partition coefficient (Wildman–Crippen LogP) is 0.826. The Hall–Kier alpha value is -2.39. The summed E-state index contributed by atoms with van der Waals surface area (Å²) in [6.45, 7) is 1.03. The third kappa shape index (κ3) is 4.41. The second-order valence-corrected chi connectivity index (χ2v) is 8.22. The summed E-state index contributed by atoms with van der Waals surface area (Å²) in [6, 6.07) is 3.69. The van der Waals surface area contributed by atoms with E-state index in [2.05, 4.69) is 20.3 Å². The summed E-state index contributed by atoms with van der Waals surface area (Å²) in [7, 11) is -3.19. The largest absolute Gasteiger partial charge is 0.350 e. The Morgan fingerprint density at radius 1 is 1.15 bits per heavy atom. The molecule has 0 aliphatic carbocycles. The molecule has 138 valence electrons. The van der Waals surface area contributed by atoms with E-state index in [-0.39, 0.29) is 18.4 Å². The van der Waals surface area contributed by atoms with Crippen LogP contribution in [0, 0.1) is 5.92 Å². The van der Waals surface area contributed by atoms with Crippen molar-refractivity contribution in [3.63, 3.8) is 0 Å². The van der Waals surface area contributed by atoms with E-state index in [1.807, 2.05) is 12.1 Å². The summed E-state index contributed by atoms with van der Waals surface area (Å²) in [5, 5.41) is 2.91. The zero-order valence-corrected chi connectivity index (χ0v) is 15.3. The van der Waals surface area contributed by atoms with E-state index in [0.717, 1.165) is 5.56 Å². The zero-order chi connectivity index (χ0) is 18.6. The number of pyridine rings is 1. The topological polar surface area (TPSA) is 105 Å². The summed E-state index contributed by atoms with van der Waals surface area (Å²) in [6.07, 6.45) is 8.82. The van der Waals surface area contributed by atoms with Gasteiger partial charge in [-0.15, -0.1) is 0 Å². The van der Waals surface area contributed by atoms with Gasteiger partial charge in [0.2, 0.25) is 15.9 Å². The Balaban J connectivity index is 1.61. The van der Waals surface area contributed by atoms with Gasteiger partial charge in [0.1, 0.15) is 0 Å². The molecule has 3 rings (SSSR count). The molecule has 1 aliphatic heterocycles. The highest BCUT2D eigenvalue weighted by atomic mass is 32.2. The Morgan fingerprint density at radius 2 is 1.81 bits per heavy atom. The molecule has 1 saturated heterocycles. The van der Waals surface area contributed by atoms with Crippen molar-refractivity contribution in [3.8, 4) is 11.3 Å². The molecule has 0 radical (unpaired) electrons. The highest BCUT2D eigenvalue weighted by Gasteiger charge is 2.28. The van der Waals surface area contributed by atoms with Gasteiger partial charge >= 0.3 is 0 Å². The molecule has 2 aromatic heterocycles. The van der Waals surface area contributed by atoms with E-state index < -0.39 is 10.0 Å². The van der Waals surface area contributed by atoms with Crippen LogP contribution in [0.5, 0.6) is 0 Å². The lowest BCUT2D eigenvalue weighted by atomic mass is 9.97. The van der Waals surface area contributed by atoms with Crippen LogP contribution in [0.4, 0.5) is 0 Å². The Morgan fingerprint density at radius 3 is 2.46 bits per heavy atom. The van der Waals surface area contributed by atoms with Gasteiger partial charge in [-0.1, -0.05) is 0 Å². The maximum absolute atomic E-state index is 12.4. The number of nitrogens with one attached hydrogen (secondary N) is 1. The average molecular weight is 375 g/mol. The van der Waals surface area contributed by atoms with E-state index >= 15 is 0 Å². The van der Waals surface area contributed by atoms with Crippen molar-refractivity contribution < 1.29 is 13.2 Å². The van der Waals surface area contributed by atoms with E-state index in [1.54, 1.807) is 24.8 Å². The number of hydrogen-bond acceptors (Lipinski definition) is 6. The molecule has 0 saturated carbocycles. The molecule has 0 unspecified atom stereocenters. The lowest BCUT2D eigenvalue weighted by Gasteiger charge is -2.29. The van der Waals surface area contributed by atoms with E-state index in [1.165, 1.54) is 10.6 Å². The van der Waals surface area contributed by atoms with Crippen LogP contribution in [0.25, 0.3) is 11.3 Å². The minimum absolute atomic E-state index is 0.0792. The fourth-order valence-electron chi connectivity index (χ4n) is 3.01. The third-order valence-corrected chi connectivity index (χ3v) is 5.75. The molecule has 0 spiro atoms. The minimum Gasteiger partial charge on any atom is -0.350 e. The maximum Gasteiger partial charge on any atom is 0.223 e. The van der Waals surface area contributed by atoms with Crippen LogP contribution < -0.4 is 5.32 Å². The van der Waals surface area contributed by atoms with Crippen molar-refractivity contribution in [3.05, 3.63) is 42.6 Å². The summed E-state index contributed by atoms with van der Waals surface area (Å²) < 4.78 is 24.5. The molecule has 0 atom stereocenters. The van der Waals surface area contributed by atoms with E-state index in [4.69, 9.17) is 0 Å². The fourth-order valence-corrected chi connectivity index (χ4v) is 3.89. The SMILES string of the molecule is CS(=O)(=O)N1CCC(C(=O)NCc2nccnc2-c2ccncc2)CC1. The maximum atomic E-state index is 12.4. The first kappa shape index (κ1) is 18.4. The van der Waals surface area contributed by atoms with Crippen molar-refractivity contribution in [1.82, 2.24) is 24.6 Å². The van der Waals surface area contributed by atoms with Gasteiger partial charge in [-0.05, 0) is 25.0 Å². The number of hydrogen-bond donors (Lipinski definition) is 1. The number of amides is 1. The van der Waals surface area contributed by atoms with Crippen molar-refractivity contribution in [2.24, 2.45) is 5.92 Å². The van der Waals surface area contributed by atoms with Crippen LogP contribution in [0.15, 0.2) is 36.9 Å². The van der Waals surface area contributed by atoms with Crippen molar-refractivity contribution in [2.75, 3.05) is 19.3 Å². The average Bonchev–Trinajstić information content (AvgIpc) is 2.66. The summed E-state index contributed by atoms with van der Waals surface area (Å²) >= 11 is 0. The van der Waals surface area contributed by atoms with Gasteiger partial charge in [0, 0.05) is 49.4 Å². The first-order valence-electron chi connectivity index (χ1n) is 8.38. The molecule has 1 fully saturated rings. The monoisotopic (exact) mass is 375 g/mol. The van der Waals surface area contributed by atoms with Crippen molar-refractivity contribution >= 4 is 15.9 Å². The quantitative estimate of drug-likeness (QED) is 0.830. The number of aromatic nitrogens is 3. The lowest BCUT2D eigenvalue weighted by Crippen LogP contribution is -2.42. The summed E-state index contributed by atoms with van der Waals surface area (Å²) in [5.41, 5.74) is 2.28. The van der Waals surface area contributed by atoms with Gasteiger partial charge in [0.25, 0.3) is 0 Å². The molecule has 1 aliphatic rings.